The second kappa shape index (κ2) is 6.71. The van der Waals surface area contributed by atoms with Gasteiger partial charge in [-0.25, -0.2) is 4.39 Å². The highest BCUT2D eigenvalue weighted by Crippen LogP contribution is 2.30. The highest BCUT2D eigenvalue weighted by atomic mass is 19.1. The summed E-state index contributed by atoms with van der Waals surface area (Å²) >= 11 is 0. The molecule has 2 aromatic carbocycles. The van der Waals surface area contributed by atoms with Crippen molar-refractivity contribution in [3.8, 4) is 11.5 Å². The lowest BCUT2D eigenvalue weighted by molar-refractivity contribution is -0.128. The van der Waals surface area contributed by atoms with Gasteiger partial charge >= 0.3 is 0 Å². The van der Waals surface area contributed by atoms with Crippen LogP contribution in [0, 0.1) is 12.7 Å². The molecule has 1 aromatic heterocycles. The van der Waals surface area contributed by atoms with Gasteiger partial charge in [0.2, 0.25) is 5.91 Å². The zero-order chi connectivity index (χ0) is 18.1. The zero-order valence-electron chi connectivity index (χ0n) is 14.4. The summed E-state index contributed by atoms with van der Waals surface area (Å²) in [5.74, 6) is 0.696. The number of likely N-dealkylation sites (tertiary alicyclic amines) is 1. The Morgan fingerprint density at radius 1 is 1.19 bits per heavy atom. The maximum Gasteiger partial charge on any atom is 0.258 e. The third-order valence-corrected chi connectivity index (χ3v) is 4.68. The number of amides is 1. The number of carbonyl (C=O) groups is 1. The lowest BCUT2D eigenvalue weighted by atomic mass is 10.1. The maximum absolute atomic E-state index is 13.0. The van der Waals surface area contributed by atoms with E-state index in [1.165, 1.54) is 12.1 Å². The summed E-state index contributed by atoms with van der Waals surface area (Å²) in [6.07, 6.45) is 0.355. The van der Waals surface area contributed by atoms with Crippen molar-refractivity contribution in [2.75, 3.05) is 6.54 Å². The second-order valence-electron chi connectivity index (χ2n) is 6.57. The first-order valence-electron chi connectivity index (χ1n) is 8.52. The van der Waals surface area contributed by atoms with Gasteiger partial charge in [0.05, 0.1) is 0 Å². The minimum atomic E-state index is -0.282. The standard InChI is InChI=1S/C20H18FN3O2/c1-13-4-2-3-5-17(13)20-22-19(23-26-20)15-10-18(25)24(12-15)11-14-6-8-16(21)9-7-14/h2-9,15H,10-12H2,1H3/t15-/m0/s1. The van der Waals surface area contributed by atoms with Crippen LogP contribution in [0.15, 0.2) is 53.1 Å². The molecule has 2 heterocycles. The molecule has 3 aromatic rings. The van der Waals surface area contributed by atoms with E-state index in [0.29, 0.717) is 31.2 Å². The van der Waals surface area contributed by atoms with Gasteiger partial charge in [-0.2, -0.15) is 4.98 Å². The minimum Gasteiger partial charge on any atom is -0.338 e. The van der Waals surface area contributed by atoms with Gasteiger partial charge in [0.15, 0.2) is 5.82 Å². The zero-order valence-corrected chi connectivity index (χ0v) is 14.4. The van der Waals surface area contributed by atoms with Gasteiger partial charge in [-0.1, -0.05) is 35.5 Å². The predicted octanol–water partition coefficient (Wildman–Crippen LogP) is 3.70. The number of hydrogen-bond donors (Lipinski definition) is 0. The van der Waals surface area contributed by atoms with Gasteiger partial charge in [0.25, 0.3) is 5.89 Å². The number of aryl methyl sites for hydroxylation is 1. The topological polar surface area (TPSA) is 59.2 Å². The van der Waals surface area contributed by atoms with E-state index in [1.807, 2.05) is 31.2 Å². The Hall–Kier alpha value is -3.02. The van der Waals surface area contributed by atoms with Crippen LogP contribution in [0.3, 0.4) is 0 Å². The Balaban J connectivity index is 1.49. The minimum absolute atomic E-state index is 0.0431. The van der Waals surface area contributed by atoms with E-state index in [9.17, 15) is 9.18 Å². The number of hydrogen-bond acceptors (Lipinski definition) is 4. The number of carbonyl (C=O) groups excluding carboxylic acids is 1. The Bertz CT molecular complexity index is 936. The van der Waals surface area contributed by atoms with Crippen LogP contribution in [0.25, 0.3) is 11.5 Å². The number of nitrogens with zero attached hydrogens (tertiary/aromatic N) is 3. The smallest absolute Gasteiger partial charge is 0.258 e. The Labute approximate surface area is 150 Å². The molecular formula is C20H18FN3O2. The van der Waals surface area contributed by atoms with Crippen LogP contribution < -0.4 is 0 Å². The van der Waals surface area contributed by atoms with Crippen molar-refractivity contribution in [2.45, 2.75) is 25.8 Å². The third kappa shape index (κ3) is 3.22. The van der Waals surface area contributed by atoms with Crippen molar-refractivity contribution < 1.29 is 13.7 Å². The Morgan fingerprint density at radius 3 is 2.73 bits per heavy atom. The fraction of sp³-hybridized carbons (Fsp3) is 0.250. The summed E-state index contributed by atoms with van der Waals surface area (Å²) in [6, 6.07) is 14.0. The largest absolute Gasteiger partial charge is 0.338 e. The van der Waals surface area contributed by atoms with Crippen LogP contribution in [-0.2, 0) is 11.3 Å². The molecule has 0 spiro atoms. The fourth-order valence-corrected chi connectivity index (χ4v) is 3.23. The van der Waals surface area contributed by atoms with Gasteiger partial charge in [-0.3, -0.25) is 4.79 Å². The van der Waals surface area contributed by atoms with E-state index in [0.717, 1.165) is 16.7 Å². The first-order valence-corrected chi connectivity index (χ1v) is 8.52. The van der Waals surface area contributed by atoms with Crippen molar-refractivity contribution in [3.63, 3.8) is 0 Å². The van der Waals surface area contributed by atoms with Crippen LogP contribution >= 0.6 is 0 Å². The first-order chi connectivity index (χ1) is 12.6. The molecule has 26 heavy (non-hydrogen) atoms. The van der Waals surface area contributed by atoms with E-state index < -0.39 is 0 Å². The number of benzene rings is 2. The lowest BCUT2D eigenvalue weighted by Gasteiger charge is -2.16. The lowest BCUT2D eigenvalue weighted by Crippen LogP contribution is -2.24. The third-order valence-electron chi connectivity index (χ3n) is 4.68. The molecule has 1 saturated heterocycles. The Morgan fingerprint density at radius 2 is 1.96 bits per heavy atom. The molecule has 1 aliphatic heterocycles. The summed E-state index contributed by atoms with van der Waals surface area (Å²) in [7, 11) is 0. The van der Waals surface area contributed by atoms with Crippen LogP contribution in [0.2, 0.25) is 0 Å². The summed E-state index contributed by atoms with van der Waals surface area (Å²) in [4.78, 5) is 18.6. The molecule has 5 nitrogen and oxygen atoms in total. The molecule has 132 valence electrons. The first kappa shape index (κ1) is 16.4. The molecule has 1 amide bonds. The summed E-state index contributed by atoms with van der Waals surface area (Å²) in [6.45, 7) is 2.98. The van der Waals surface area contributed by atoms with E-state index in [4.69, 9.17) is 4.52 Å². The van der Waals surface area contributed by atoms with Crippen molar-refractivity contribution >= 4 is 5.91 Å². The van der Waals surface area contributed by atoms with Crippen molar-refractivity contribution in [3.05, 3.63) is 71.3 Å². The van der Waals surface area contributed by atoms with Crippen molar-refractivity contribution in [1.82, 2.24) is 15.0 Å². The van der Waals surface area contributed by atoms with Crippen LogP contribution in [0.1, 0.15) is 29.3 Å². The molecule has 6 heteroatoms. The molecule has 1 aliphatic rings. The number of rotatable bonds is 4. The maximum atomic E-state index is 13.0. The molecule has 0 N–H and O–H groups in total. The molecule has 0 aliphatic carbocycles. The summed E-state index contributed by atoms with van der Waals surface area (Å²) < 4.78 is 18.4. The van der Waals surface area contributed by atoms with E-state index >= 15 is 0 Å². The molecule has 0 unspecified atom stereocenters. The van der Waals surface area contributed by atoms with Gasteiger partial charge in [-0.05, 0) is 36.2 Å². The van der Waals surface area contributed by atoms with Crippen LogP contribution in [-0.4, -0.2) is 27.5 Å². The van der Waals surface area contributed by atoms with Gasteiger partial charge < -0.3 is 9.42 Å². The summed E-state index contributed by atoms with van der Waals surface area (Å²) in [5.41, 5.74) is 2.86. The van der Waals surface area contributed by atoms with Crippen LogP contribution in [0.4, 0.5) is 4.39 Å². The second-order valence-corrected chi connectivity index (χ2v) is 6.57. The molecule has 1 atom stereocenters. The molecule has 1 fully saturated rings. The number of halogens is 1. The molecule has 0 bridgehead atoms. The van der Waals surface area contributed by atoms with Crippen molar-refractivity contribution in [2.24, 2.45) is 0 Å². The van der Waals surface area contributed by atoms with E-state index in [1.54, 1.807) is 17.0 Å². The highest BCUT2D eigenvalue weighted by molar-refractivity contribution is 5.79. The molecule has 4 rings (SSSR count). The monoisotopic (exact) mass is 351 g/mol. The number of aromatic nitrogens is 2. The van der Waals surface area contributed by atoms with Gasteiger partial charge in [0.1, 0.15) is 5.82 Å². The van der Waals surface area contributed by atoms with Crippen molar-refractivity contribution in [1.29, 1.82) is 0 Å². The average Bonchev–Trinajstić information content (AvgIpc) is 3.25. The predicted molar refractivity (Wildman–Crippen MR) is 93.6 cm³/mol. The normalized spacial score (nSPS) is 17.1. The fourth-order valence-electron chi connectivity index (χ4n) is 3.23. The molecule has 0 radical (unpaired) electrons. The Kier molecular flexibility index (Phi) is 4.24. The van der Waals surface area contributed by atoms with Crippen LogP contribution in [0.5, 0.6) is 0 Å². The van der Waals surface area contributed by atoms with Gasteiger partial charge in [0, 0.05) is 31.0 Å². The molecular weight excluding hydrogens is 333 g/mol. The average molecular weight is 351 g/mol. The van der Waals surface area contributed by atoms with Gasteiger partial charge in [-0.15, -0.1) is 0 Å². The summed E-state index contributed by atoms with van der Waals surface area (Å²) in [5, 5.41) is 4.09. The highest BCUT2D eigenvalue weighted by Gasteiger charge is 2.33. The van der Waals surface area contributed by atoms with E-state index in [2.05, 4.69) is 10.1 Å². The molecule has 0 saturated carbocycles. The quantitative estimate of drug-likeness (QED) is 0.719. The van der Waals surface area contributed by atoms with E-state index in [-0.39, 0.29) is 17.6 Å². The SMILES string of the molecule is Cc1ccccc1-c1nc([C@H]2CC(=O)N(Cc3ccc(F)cc3)C2)no1.